The lowest BCUT2D eigenvalue weighted by Gasteiger charge is -2.21. The number of phosphoric acid groups is 2. The average molecular weight is 1420 g/mol. The molecule has 0 aromatic heterocycles. The molecule has 0 spiro atoms. The number of unbranched alkanes of at least 4 members (excludes halogenated alkanes) is 40. The van der Waals surface area contributed by atoms with Crippen LogP contribution in [0.5, 0.6) is 0 Å². The Bertz CT molecular complexity index is 2050. The highest BCUT2D eigenvalue weighted by molar-refractivity contribution is 7.47. The van der Waals surface area contributed by atoms with Crippen molar-refractivity contribution in [3.05, 3.63) is 48.6 Å². The SMILES string of the molecule is CCCCCC/C=C\C=C/CCCCCCCC(=O)OC[C@H](COP(=O)(O)OC[C@@H](O)COP(=O)(O)OC[C@@H](COC(=O)CCCCCCCCCCC)OC(=O)CCCCCCC/C=C\C=C/CCCCCC)OC(=O)CCCCCCCCCCCCCCCCCC(C)C. The third-order valence-corrected chi connectivity index (χ3v) is 18.9. The summed E-state index contributed by atoms with van der Waals surface area (Å²) in [4.78, 5) is 72.8. The molecule has 0 aliphatic carbocycles. The van der Waals surface area contributed by atoms with Crippen LogP contribution >= 0.6 is 15.6 Å². The monoisotopic (exact) mass is 1410 g/mol. The Morgan fingerprint density at radius 2 is 0.557 bits per heavy atom. The highest BCUT2D eigenvalue weighted by Gasteiger charge is 2.30. The van der Waals surface area contributed by atoms with Crippen LogP contribution in [0.3, 0.4) is 0 Å². The Hall–Kier alpha value is -2.98. The van der Waals surface area contributed by atoms with Crippen molar-refractivity contribution in [1.82, 2.24) is 0 Å². The maximum absolute atomic E-state index is 13.1. The van der Waals surface area contributed by atoms with Gasteiger partial charge in [0.2, 0.25) is 0 Å². The number of aliphatic hydroxyl groups excluding tert-OH is 1. The Balaban J connectivity index is 5.30. The second-order valence-electron chi connectivity index (χ2n) is 27.2. The second-order valence-corrected chi connectivity index (χ2v) is 30.1. The third kappa shape index (κ3) is 71.2. The summed E-state index contributed by atoms with van der Waals surface area (Å²) in [5.41, 5.74) is 0. The minimum atomic E-state index is -4.97. The van der Waals surface area contributed by atoms with Gasteiger partial charge < -0.3 is 33.8 Å². The molecule has 0 amide bonds. The van der Waals surface area contributed by atoms with Crippen LogP contribution in [0.15, 0.2) is 48.6 Å². The van der Waals surface area contributed by atoms with Crippen molar-refractivity contribution in [3.8, 4) is 0 Å². The Morgan fingerprint density at radius 3 is 0.845 bits per heavy atom. The lowest BCUT2D eigenvalue weighted by molar-refractivity contribution is -0.161. The molecule has 0 bridgehead atoms. The minimum absolute atomic E-state index is 0.0829. The molecule has 19 heteroatoms. The molecule has 2 unspecified atom stereocenters. The van der Waals surface area contributed by atoms with E-state index in [9.17, 15) is 43.2 Å². The number of aliphatic hydroxyl groups is 1. The molecule has 568 valence electrons. The van der Waals surface area contributed by atoms with Crippen molar-refractivity contribution in [2.24, 2.45) is 5.92 Å². The smallest absolute Gasteiger partial charge is 0.462 e. The van der Waals surface area contributed by atoms with E-state index in [1.165, 1.54) is 154 Å². The van der Waals surface area contributed by atoms with Crippen LogP contribution in [0.25, 0.3) is 0 Å². The first-order valence-electron chi connectivity index (χ1n) is 39.3. The predicted octanol–water partition coefficient (Wildman–Crippen LogP) is 22.4. The molecule has 0 saturated heterocycles. The Labute approximate surface area is 591 Å². The van der Waals surface area contributed by atoms with Gasteiger partial charge in [-0.15, -0.1) is 0 Å². The van der Waals surface area contributed by atoms with Crippen molar-refractivity contribution in [1.29, 1.82) is 0 Å². The molecule has 0 aromatic carbocycles. The fourth-order valence-corrected chi connectivity index (χ4v) is 12.6. The van der Waals surface area contributed by atoms with Gasteiger partial charge in [-0.05, 0) is 83.0 Å². The largest absolute Gasteiger partial charge is 0.472 e. The summed E-state index contributed by atoms with van der Waals surface area (Å²) in [7, 11) is -9.94. The van der Waals surface area contributed by atoms with E-state index in [1.54, 1.807) is 0 Å². The number of carbonyl (C=O) groups is 4. The van der Waals surface area contributed by atoms with E-state index >= 15 is 0 Å². The van der Waals surface area contributed by atoms with Crippen molar-refractivity contribution in [2.45, 2.75) is 380 Å². The van der Waals surface area contributed by atoms with Crippen LogP contribution < -0.4 is 0 Å². The van der Waals surface area contributed by atoms with Gasteiger partial charge in [0.25, 0.3) is 0 Å². The number of hydrogen-bond acceptors (Lipinski definition) is 15. The van der Waals surface area contributed by atoms with Crippen LogP contribution in [0.2, 0.25) is 0 Å². The zero-order chi connectivity index (χ0) is 71.2. The number of phosphoric ester groups is 2. The summed E-state index contributed by atoms with van der Waals surface area (Å²) in [5.74, 6) is -1.37. The van der Waals surface area contributed by atoms with Gasteiger partial charge in [0, 0.05) is 25.7 Å². The van der Waals surface area contributed by atoms with Gasteiger partial charge in [0.15, 0.2) is 12.2 Å². The molecule has 5 atom stereocenters. The van der Waals surface area contributed by atoms with E-state index in [1.807, 2.05) is 0 Å². The van der Waals surface area contributed by atoms with Gasteiger partial charge in [-0.1, -0.05) is 308 Å². The summed E-state index contributed by atoms with van der Waals surface area (Å²) in [6, 6.07) is 0. The first kappa shape index (κ1) is 94.0. The molecule has 3 N–H and O–H groups in total. The maximum atomic E-state index is 13.1. The Morgan fingerprint density at radius 1 is 0.320 bits per heavy atom. The van der Waals surface area contributed by atoms with Gasteiger partial charge in [-0.2, -0.15) is 0 Å². The number of carbonyl (C=O) groups excluding carboxylic acids is 4. The van der Waals surface area contributed by atoms with E-state index in [-0.39, 0.29) is 25.7 Å². The summed E-state index contributed by atoms with van der Waals surface area (Å²) in [6.45, 7) is 7.18. The molecular weight excluding hydrogens is 1270 g/mol. The summed E-state index contributed by atoms with van der Waals surface area (Å²) < 4.78 is 68.5. The zero-order valence-electron chi connectivity index (χ0n) is 62.2. The molecule has 0 aliphatic rings. The van der Waals surface area contributed by atoms with Crippen LogP contribution in [-0.2, 0) is 65.4 Å². The molecule has 0 fully saturated rings. The zero-order valence-corrected chi connectivity index (χ0v) is 64.0. The number of esters is 4. The topological polar surface area (TPSA) is 237 Å². The van der Waals surface area contributed by atoms with E-state index in [0.29, 0.717) is 25.7 Å². The number of hydrogen-bond donors (Lipinski definition) is 3. The van der Waals surface area contributed by atoms with E-state index < -0.39 is 97.5 Å². The molecule has 0 aromatic rings. The van der Waals surface area contributed by atoms with Crippen LogP contribution in [-0.4, -0.2) is 96.7 Å². The summed E-state index contributed by atoms with van der Waals surface area (Å²) in [6.07, 6.45) is 65.4. The van der Waals surface area contributed by atoms with Gasteiger partial charge in [-0.25, -0.2) is 9.13 Å². The van der Waals surface area contributed by atoms with Crippen LogP contribution in [0.4, 0.5) is 0 Å². The number of allylic oxidation sites excluding steroid dienone is 8. The van der Waals surface area contributed by atoms with Crippen molar-refractivity contribution < 1.29 is 80.2 Å². The first-order chi connectivity index (χ1) is 47.0. The third-order valence-electron chi connectivity index (χ3n) is 17.0. The molecule has 0 heterocycles. The molecule has 17 nitrogen and oxygen atoms in total. The van der Waals surface area contributed by atoms with E-state index in [2.05, 4.69) is 83.2 Å². The van der Waals surface area contributed by atoms with Gasteiger partial charge >= 0.3 is 39.5 Å². The minimum Gasteiger partial charge on any atom is -0.462 e. The first-order valence-corrected chi connectivity index (χ1v) is 42.3. The lowest BCUT2D eigenvalue weighted by atomic mass is 10.0. The molecule has 0 rings (SSSR count). The van der Waals surface area contributed by atoms with Crippen molar-refractivity contribution in [3.63, 3.8) is 0 Å². The second kappa shape index (κ2) is 70.1. The standard InChI is InChI=1S/C78H144O17P2/c1-6-9-12-15-18-21-23-25-28-33-37-42-47-52-57-62-76(81)89-68-74(95-78(83)64-59-54-49-44-39-35-31-27-30-32-36-41-45-50-55-60-71(4)5)70-93-97(86,87)91-66-72(79)65-90-96(84,85)92-69-73(67-88-75(80)61-56-51-46-40-20-17-14-11-8-3)94-77(82)63-58-53-48-43-38-34-29-26-24-22-19-16-13-10-7-2/h21-26,28-29,71-74,79H,6-20,27,30-70H2,1-5H3,(H,84,85)(H,86,87)/b23-21-,24-22-,28-25-,29-26-/t72-,73+,74+/m0/s1. The summed E-state index contributed by atoms with van der Waals surface area (Å²) >= 11 is 0. The highest BCUT2D eigenvalue weighted by Crippen LogP contribution is 2.45. The van der Waals surface area contributed by atoms with Crippen LogP contribution in [0, 0.1) is 5.92 Å². The number of rotatable bonds is 74. The predicted molar refractivity (Wildman–Crippen MR) is 395 cm³/mol. The molecule has 97 heavy (non-hydrogen) atoms. The normalized spacial score (nSPS) is 14.2. The molecule has 0 radical (unpaired) electrons. The van der Waals surface area contributed by atoms with Crippen molar-refractivity contribution >= 4 is 39.5 Å². The van der Waals surface area contributed by atoms with Gasteiger partial charge in [0.05, 0.1) is 26.4 Å². The molecular formula is C78H144O17P2. The van der Waals surface area contributed by atoms with Gasteiger partial charge in [-0.3, -0.25) is 37.3 Å². The lowest BCUT2D eigenvalue weighted by Crippen LogP contribution is -2.30. The highest BCUT2D eigenvalue weighted by atomic mass is 31.2. The maximum Gasteiger partial charge on any atom is 0.472 e. The van der Waals surface area contributed by atoms with Gasteiger partial charge in [0.1, 0.15) is 19.3 Å². The quantitative estimate of drug-likeness (QED) is 0.0169. The fraction of sp³-hybridized carbons (Fsp3) is 0.846. The fourth-order valence-electron chi connectivity index (χ4n) is 11.0. The van der Waals surface area contributed by atoms with E-state index in [4.69, 9.17) is 37.0 Å². The van der Waals surface area contributed by atoms with Crippen molar-refractivity contribution in [2.75, 3.05) is 39.6 Å². The van der Waals surface area contributed by atoms with Crippen LogP contribution in [0.1, 0.15) is 362 Å². The molecule has 0 saturated carbocycles. The number of ether oxygens (including phenoxy) is 4. The Kier molecular flexibility index (Phi) is 67.9. The molecule has 0 aliphatic heterocycles. The van der Waals surface area contributed by atoms with E-state index in [0.717, 1.165) is 128 Å². The summed E-state index contributed by atoms with van der Waals surface area (Å²) in [5, 5.41) is 10.6. The average Bonchev–Trinajstić information content (AvgIpc) is 2.78.